The molecule has 0 spiro atoms. The number of nitrogens with zero attached hydrogens (tertiary/aromatic N) is 3. The second kappa shape index (κ2) is 6.14. The van der Waals surface area contributed by atoms with Crippen molar-refractivity contribution in [1.29, 1.82) is 0 Å². The Morgan fingerprint density at radius 2 is 1.88 bits per heavy atom. The topological polar surface area (TPSA) is 63.1 Å². The molecule has 1 aromatic carbocycles. The van der Waals surface area contributed by atoms with Gasteiger partial charge in [-0.15, -0.1) is 5.10 Å². The highest BCUT2D eigenvalue weighted by Gasteiger charge is 2.34. The van der Waals surface area contributed by atoms with Gasteiger partial charge in [0, 0.05) is 11.0 Å². The van der Waals surface area contributed by atoms with Gasteiger partial charge in [0.25, 0.3) is 5.56 Å². The molecular weight excluding hydrogens is 312 g/mol. The Morgan fingerprint density at radius 3 is 2.56 bits per heavy atom. The van der Waals surface area contributed by atoms with Crippen molar-refractivity contribution < 1.29 is 0 Å². The van der Waals surface area contributed by atoms with Crippen molar-refractivity contribution in [2.24, 2.45) is 0 Å². The molecule has 130 valence electrons. The number of aryl methyl sites for hydroxylation is 1. The van der Waals surface area contributed by atoms with Crippen LogP contribution >= 0.6 is 0 Å². The maximum absolute atomic E-state index is 12.8. The molecule has 0 saturated heterocycles. The third kappa shape index (κ3) is 2.68. The largest absolute Gasteiger partial charge is 0.303 e. The van der Waals surface area contributed by atoms with Crippen LogP contribution in [-0.2, 0) is 11.8 Å². The minimum atomic E-state index is -0.108. The quantitative estimate of drug-likeness (QED) is 0.790. The van der Waals surface area contributed by atoms with Crippen LogP contribution in [0.2, 0.25) is 0 Å². The molecule has 0 amide bonds. The number of benzene rings is 1. The Hall–Kier alpha value is -2.43. The summed E-state index contributed by atoms with van der Waals surface area (Å²) in [5.74, 6) is 1.54. The second-order valence-electron chi connectivity index (χ2n) is 7.29. The number of nitrogens with one attached hydrogen (secondary N) is 1. The van der Waals surface area contributed by atoms with E-state index in [-0.39, 0.29) is 11.0 Å². The molecule has 0 atom stereocenters. The van der Waals surface area contributed by atoms with Crippen LogP contribution in [0.25, 0.3) is 16.9 Å². The van der Waals surface area contributed by atoms with Crippen molar-refractivity contribution in [3.63, 3.8) is 0 Å². The maximum Gasteiger partial charge on any atom is 0.277 e. The third-order valence-electron chi connectivity index (χ3n) is 5.45. The van der Waals surface area contributed by atoms with Gasteiger partial charge in [0.05, 0.1) is 5.69 Å². The van der Waals surface area contributed by atoms with Gasteiger partial charge in [0.2, 0.25) is 0 Å². The third-order valence-corrected chi connectivity index (χ3v) is 5.45. The molecule has 5 heteroatoms. The number of hydrogen-bond acceptors (Lipinski definition) is 3. The zero-order valence-electron chi connectivity index (χ0n) is 14.9. The van der Waals surface area contributed by atoms with Crippen LogP contribution in [0.1, 0.15) is 57.5 Å². The van der Waals surface area contributed by atoms with E-state index in [9.17, 15) is 4.79 Å². The first-order valence-corrected chi connectivity index (χ1v) is 9.20. The summed E-state index contributed by atoms with van der Waals surface area (Å²) in [5, 5.41) is 4.79. The molecule has 25 heavy (non-hydrogen) atoms. The monoisotopic (exact) mass is 336 g/mol. The van der Waals surface area contributed by atoms with Crippen molar-refractivity contribution >= 4 is 5.52 Å². The lowest BCUT2D eigenvalue weighted by Crippen LogP contribution is -2.29. The molecule has 0 radical (unpaired) electrons. The molecule has 1 N–H and O–H groups in total. The summed E-state index contributed by atoms with van der Waals surface area (Å²) < 4.78 is 1.82. The van der Waals surface area contributed by atoms with E-state index in [1.165, 1.54) is 19.3 Å². The average Bonchev–Trinajstić information content (AvgIpc) is 3.03. The minimum Gasteiger partial charge on any atom is -0.303 e. The van der Waals surface area contributed by atoms with Crippen LogP contribution in [0.5, 0.6) is 0 Å². The number of fused-ring (bicyclic) bond motifs is 1. The van der Waals surface area contributed by atoms with E-state index < -0.39 is 0 Å². The molecule has 2 aromatic heterocycles. The summed E-state index contributed by atoms with van der Waals surface area (Å²) in [4.78, 5) is 20.6. The number of aromatic nitrogens is 4. The van der Waals surface area contributed by atoms with Gasteiger partial charge in [0.15, 0.2) is 11.3 Å². The van der Waals surface area contributed by atoms with Crippen LogP contribution in [0, 0.1) is 0 Å². The zero-order chi connectivity index (χ0) is 17.4. The van der Waals surface area contributed by atoms with Crippen molar-refractivity contribution in [2.45, 2.75) is 57.8 Å². The predicted octanol–water partition coefficient (Wildman–Crippen LogP) is 3.87. The lowest BCUT2D eigenvalue weighted by molar-refractivity contribution is 0.300. The van der Waals surface area contributed by atoms with Gasteiger partial charge < -0.3 is 4.98 Å². The SMILES string of the molecule is CCc1nc(C2(C)CCCCC2)n2nc(-c3ccccc3)[nH]c(=O)c12. The fourth-order valence-corrected chi connectivity index (χ4v) is 3.99. The molecule has 0 unspecified atom stereocenters. The Kier molecular flexibility index (Phi) is 3.94. The van der Waals surface area contributed by atoms with E-state index in [0.717, 1.165) is 36.3 Å². The average molecular weight is 336 g/mol. The van der Waals surface area contributed by atoms with Crippen LogP contribution in [0.3, 0.4) is 0 Å². The summed E-state index contributed by atoms with van der Waals surface area (Å²) in [6.07, 6.45) is 6.63. The van der Waals surface area contributed by atoms with Crippen LogP contribution in [0.15, 0.2) is 35.1 Å². The van der Waals surface area contributed by atoms with E-state index in [1.807, 2.05) is 41.8 Å². The highest BCUT2D eigenvalue weighted by atomic mass is 16.1. The molecule has 1 aliphatic rings. The Morgan fingerprint density at radius 1 is 1.16 bits per heavy atom. The first-order chi connectivity index (χ1) is 12.1. The van der Waals surface area contributed by atoms with E-state index in [4.69, 9.17) is 10.1 Å². The van der Waals surface area contributed by atoms with Crippen LogP contribution in [0.4, 0.5) is 0 Å². The molecule has 1 aliphatic carbocycles. The molecule has 0 aliphatic heterocycles. The lowest BCUT2D eigenvalue weighted by Gasteiger charge is -2.31. The fraction of sp³-hybridized carbons (Fsp3) is 0.450. The van der Waals surface area contributed by atoms with Gasteiger partial charge in [-0.2, -0.15) is 0 Å². The molecule has 3 aromatic rings. The first-order valence-electron chi connectivity index (χ1n) is 9.20. The standard InChI is InChI=1S/C20H24N4O/c1-3-15-16-18(25)22-17(14-10-6-4-7-11-14)23-24(16)19(21-15)20(2)12-8-5-9-13-20/h4,6-7,10-11H,3,5,8-9,12-13H2,1-2H3,(H,22,23,25). The van der Waals surface area contributed by atoms with E-state index in [2.05, 4.69) is 11.9 Å². The first kappa shape index (κ1) is 16.1. The van der Waals surface area contributed by atoms with Gasteiger partial charge in [-0.3, -0.25) is 4.79 Å². The van der Waals surface area contributed by atoms with Crippen molar-refractivity contribution in [2.75, 3.05) is 0 Å². The molecule has 4 rings (SSSR count). The summed E-state index contributed by atoms with van der Waals surface area (Å²) in [5.41, 5.74) is 2.24. The summed E-state index contributed by atoms with van der Waals surface area (Å²) >= 11 is 0. The fourth-order valence-electron chi connectivity index (χ4n) is 3.99. The lowest BCUT2D eigenvalue weighted by atomic mass is 9.75. The highest BCUT2D eigenvalue weighted by molar-refractivity contribution is 5.58. The number of imidazole rings is 1. The molecular formula is C20H24N4O. The number of H-pyrrole nitrogens is 1. The Labute approximate surface area is 147 Å². The molecule has 1 saturated carbocycles. The number of hydrogen-bond donors (Lipinski definition) is 1. The van der Waals surface area contributed by atoms with Gasteiger partial charge in [-0.1, -0.05) is 63.4 Å². The number of rotatable bonds is 3. The van der Waals surface area contributed by atoms with Crippen molar-refractivity contribution in [3.05, 3.63) is 52.2 Å². The summed E-state index contributed by atoms with van der Waals surface area (Å²) in [7, 11) is 0. The van der Waals surface area contributed by atoms with E-state index in [0.29, 0.717) is 11.3 Å². The molecule has 5 nitrogen and oxygen atoms in total. The van der Waals surface area contributed by atoms with Crippen LogP contribution < -0.4 is 5.56 Å². The van der Waals surface area contributed by atoms with Crippen molar-refractivity contribution in [3.8, 4) is 11.4 Å². The van der Waals surface area contributed by atoms with E-state index in [1.54, 1.807) is 0 Å². The highest BCUT2D eigenvalue weighted by Crippen LogP contribution is 2.38. The predicted molar refractivity (Wildman–Crippen MR) is 98.9 cm³/mol. The number of aromatic amines is 1. The maximum atomic E-state index is 12.8. The van der Waals surface area contributed by atoms with E-state index >= 15 is 0 Å². The Balaban J connectivity index is 1.97. The summed E-state index contributed by atoms with van der Waals surface area (Å²) in [6.45, 7) is 4.31. The van der Waals surface area contributed by atoms with Crippen LogP contribution in [-0.4, -0.2) is 19.6 Å². The van der Waals surface area contributed by atoms with Gasteiger partial charge in [0.1, 0.15) is 5.82 Å². The summed E-state index contributed by atoms with van der Waals surface area (Å²) in [6, 6.07) is 9.79. The normalized spacial score (nSPS) is 17.0. The molecule has 2 heterocycles. The Bertz CT molecular complexity index is 949. The van der Waals surface area contributed by atoms with Gasteiger partial charge in [-0.05, 0) is 19.3 Å². The second-order valence-corrected chi connectivity index (χ2v) is 7.29. The molecule has 0 bridgehead atoms. The molecule has 1 fully saturated rings. The van der Waals surface area contributed by atoms with Gasteiger partial charge in [-0.25, -0.2) is 9.50 Å². The van der Waals surface area contributed by atoms with Gasteiger partial charge >= 0.3 is 0 Å². The van der Waals surface area contributed by atoms with Crippen molar-refractivity contribution in [1.82, 2.24) is 19.6 Å². The smallest absolute Gasteiger partial charge is 0.277 e. The minimum absolute atomic E-state index is 0.0106. The zero-order valence-corrected chi connectivity index (χ0v) is 14.9.